The number of rotatable bonds is 8. The Balaban J connectivity index is 1.66. The fraction of sp³-hybridized carbons (Fsp3) is 0.333. The molecule has 0 aliphatic carbocycles. The smallest absolute Gasteiger partial charge is 0.339 e. The Kier molecular flexibility index (Phi) is 6.53. The van der Waals surface area contributed by atoms with Gasteiger partial charge in [0.25, 0.3) is 0 Å². The van der Waals surface area contributed by atoms with Gasteiger partial charge in [0.05, 0.1) is 11.3 Å². The van der Waals surface area contributed by atoms with E-state index in [9.17, 15) is 9.59 Å². The Labute approximate surface area is 173 Å². The van der Waals surface area contributed by atoms with Gasteiger partial charge in [0.15, 0.2) is 12.4 Å². The van der Waals surface area contributed by atoms with Crippen LogP contribution in [0.25, 0.3) is 0 Å². The molecule has 0 fully saturated rings. The maximum absolute atomic E-state index is 12.6. The molecule has 0 unspecified atom stereocenters. The van der Waals surface area contributed by atoms with Gasteiger partial charge in [-0.05, 0) is 45.9 Å². The molecule has 7 nitrogen and oxygen atoms in total. The summed E-state index contributed by atoms with van der Waals surface area (Å²) in [6.45, 7) is 8.12. The molecule has 0 N–H and O–H groups in total. The molecule has 0 aliphatic rings. The van der Waals surface area contributed by atoms with Gasteiger partial charge >= 0.3 is 5.97 Å². The normalized spacial score (nSPS) is 10.9. The van der Waals surface area contributed by atoms with Gasteiger partial charge in [-0.25, -0.2) is 4.79 Å². The molecule has 29 heavy (non-hydrogen) atoms. The number of benzene rings is 1. The second kappa shape index (κ2) is 9.09. The van der Waals surface area contributed by atoms with Crippen LogP contribution in [0.15, 0.2) is 39.8 Å². The van der Waals surface area contributed by atoms with Crippen molar-refractivity contribution in [2.45, 2.75) is 44.9 Å². The molecular formula is C21H23N3O4S. The lowest BCUT2D eigenvalue weighted by Gasteiger charge is -2.09. The summed E-state index contributed by atoms with van der Waals surface area (Å²) in [6, 6.07) is 8.93. The highest BCUT2D eigenvalue weighted by Gasteiger charge is 2.19. The molecule has 3 rings (SSSR count). The fourth-order valence-electron chi connectivity index (χ4n) is 3.16. The van der Waals surface area contributed by atoms with Crippen LogP contribution in [0.3, 0.4) is 0 Å². The summed E-state index contributed by atoms with van der Waals surface area (Å²) in [6.07, 6.45) is 0. The number of esters is 1. The van der Waals surface area contributed by atoms with E-state index >= 15 is 0 Å². The van der Waals surface area contributed by atoms with Crippen molar-refractivity contribution in [1.82, 2.24) is 14.7 Å². The van der Waals surface area contributed by atoms with E-state index in [0.29, 0.717) is 28.6 Å². The first-order valence-electron chi connectivity index (χ1n) is 9.28. The van der Waals surface area contributed by atoms with Gasteiger partial charge in [-0.2, -0.15) is 4.98 Å². The van der Waals surface area contributed by atoms with Crippen molar-refractivity contribution in [3.63, 3.8) is 0 Å². The Morgan fingerprint density at radius 1 is 1.17 bits per heavy atom. The van der Waals surface area contributed by atoms with Crippen molar-refractivity contribution in [3.05, 3.63) is 64.6 Å². The molecule has 2 heterocycles. The summed E-state index contributed by atoms with van der Waals surface area (Å²) < 4.78 is 12.5. The Hall–Kier alpha value is -2.87. The number of aryl methyl sites for hydroxylation is 2. The zero-order chi connectivity index (χ0) is 21.0. The topological polar surface area (TPSA) is 87.2 Å². The van der Waals surface area contributed by atoms with Gasteiger partial charge in [-0.15, -0.1) is 11.8 Å². The van der Waals surface area contributed by atoms with Crippen LogP contribution in [-0.2, 0) is 17.0 Å². The van der Waals surface area contributed by atoms with Gasteiger partial charge in [0.2, 0.25) is 11.7 Å². The van der Waals surface area contributed by atoms with E-state index in [1.807, 2.05) is 39.0 Å². The highest BCUT2D eigenvalue weighted by Crippen LogP contribution is 2.26. The maximum atomic E-state index is 12.6. The van der Waals surface area contributed by atoms with Crippen LogP contribution in [-0.4, -0.2) is 33.1 Å². The summed E-state index contributed by atoms with van der Waals surface area (Å²) in [4.78, 5) is 30.0. The summed E-state index contributed by atoms with van der Waals surface area (Å²) in [5.74, 6) is 0.740. The number of Topliss-reactive ketones (excluding diaryl/α,β-unsaturated/α-hetero) is 1. The molecule has 0 spiro atoms. The zero-order valence-corrected chi connectivity index (χ0v) is 17.7. The molecule has 8 heteroatoms. The lowest BCUT2D eigenvalue weighted by atomic mass is 10.1. The van der Waals surface area contributed by atoms with Crippen molar-refractivity contribution in [2.75, 3.05) is 6.61 Å². The first kappa shape index (κ1) is 20.9. The van der Waals surface area contributed by atoms with Gasteiger partial charge in [-0.1, -0.05) is 17.3 Å². The quantitative estimate of drug-likeness (QED) is 0.311. The number of nitrogens with zero attached hydrogens (tertiary/aromatic N) is 3. The average Bonchev–Trinajstić information content (AvgIpc) is 3.26. The number of hydrogen-bond donors (Lipinski definition) is 0. The second-order valence-corrected chi connectivity index (χ2v) is 7.57. The predicted molar refractivity (Wildman–Crippen MR) is 109 cm³/mol. The third kappa shape index (κ3) is 4.76. The number of thioether (sulfide) groups is 1. The number of aromatic nitrogens is 3. The molecule has 0 amide bonds. The Morgan fingerprint density at radius 3 is 2.59 bits per heavy atom. The van der Waals surface area contributed by atoms with Crippen molar-refractivity contribution in [3.8, 4) is 0 Å². The number of carbonyl (C=O) groups excluding carboxylic acids is 2. The minimum absolute atomic E-state index is 0.211. The zero-order valence-electron chi connectivity index (χ0n) is 16.9. The molecule has 2 aromatic heterocycles. The molecule has 0 saturated carbocycles. The summed E-state index contributed by atoms with van der Waals surface area (Å²) in [5.41, 5.74) is 2.89. The first-order valence-corrected chi connectivity index (χ1v) is 10.3. The highest BCUT2D eigenvalue weighted by atomic mass is 32.2. The van der Waals surface area contributed by atoms with Crippen LogP contribution in [0.2, 0.25) is 0 Å². The third-order valence-corrected chi connectivity index (χ3v) is 5.61. The molecule has 0 saturated heterocycles. The molecule has 152 valence electrons. The van der Waals surface area contributed by atoms with Crippen molar-refractivity contribution < 1.29 is 18.8 Å². The van der Waals surface area contributed by atoms with Crippen molar-refractivity contribution >= 4 is 23.5 Å². The summed E-state index contributed by atoms with van der Waals surface area (Å²) in [5, 5.41) is 3.75. The van der Waals surface area contributed by atoms with Crippen molar-refractivity contribution in [1.29, 1.82) is 0 Å². The molecular weight excluding hydrogens is 390 g/mol. The summed E-state index contributed by atoms with van der Waals surface area (Å²) in [7, 11) is 0. The minimum atomic E-state index is -0.535. The van der Waals surface area contributed by atoms with Crippen LogP contribution in [0.4, 0.5) is 0 Å². The number of ether oxygens (including phenoxy) is 1. The van der Waals surface area contributed by atoms with Crippen LogP contribution >= 0.6 is 11.8 Å². The SMILES string of the molecule is CCn1c(C)cc(C(=O)COC(=O)c2ccccc2SCc2nc(C)no2)c1C. The van der Waals surface area contributed by atoms with Crippen LogP contribution in [0.1, 0.15) is 50.7 Å². The number of carbonyl (C=O) groups is 2. The molecule has 0 atom stereocenters. The minimum Gasteiger partial charge on any atom is -0.454 e. The van der Waals surface area contributed by atoms with E-state index in [1.54, 1.807) is 19.1 Å². The monoisotopic (exact) mass is 413 g/mol. The van der Waals surface area contributed by atoms with Crippen LogP contribution in [0.5, 0.6) is 0 Å². The Morgan fingerprint density at radius 2 is 1.93 bits per heavy atom. The van der Waals surface area contributed by atoms with E-state index < -0.39 is 5.97 Å². The maximum Gasteiger partial charge on any atom is 0.339 e. The molecule has 0 bridgehead atoms. The van der Waals surface area contributed by atoms with Gasteiger partial charge < -0.3 is 13.8 Å². The van der Waals surface area contributed by atoms with Gasteiger partial charge in [-0.3, -0.25) is 4.79 Å². The van der Waals surface area contributed by atoms with Gasteiger partial charge in [0, 0.05) is 28.4 Å². The average molecular weight is 413 g/mol. The van der Waals surface area contributed by atoms with Crippen molar-refractivity contribution in [2.24, 2.45) is 0 Å². The standard InChI is InChI=1S/C21H23N3O4S/c1-5-24-13(2)10-17(14(24)3)18(25)11-27-21(26)16-8-6-7-9-19(16)29-12-20-22-15(4)23-28-20/h6-10H,5,11-12H2,1-4H3. The summed E-state index contributed by atoms with van der Waals surface area (Å²) >= 11 is 1.40. The van der Waals surface area contributed by atoms with E-state index in [0.717, 1.165) is 22.8 Å². The van der Waals surface area contributed by atoms with E-state index in [4.69, 9.17) is 9.26 Å². The highest BCUT2D eigenvalue weighted by molar-refractivity contribution is 7.98. The number of hydrogen-bond acceptors (Lipinski definition) is 7. The molecule has 3 aromatic rings. The van der Waals surface area contributed by atoms with E-state index in [2.05, 4.69) is 14.7 Å². The third-order valence-electron chi connectivity index (χ3n) is 4.55. The largest absolute Gasteiger partial charge is 0.454 e. The number of ketones is 1. The fourth-order valence-corrected chi connectivity index (χ4v) is 4.03. The first-order chi connectivity index (χ1) is 13.9. The molecule has 1 aromatic carbocycles. The van der Waals surface area contributed by atoms with Gasteiger partial charge in [0.1, 0.15) is 0 Å². The van der Waals surface area contributed by atoms with E-state index in [1.165, 1.54) is 11.8 Å². The lowest BCUT2D eigenvalue weighted by Crippen LogP contribution is -2.15. The van der Waals surface area contributed by atoms with Crippen LogP contribution in [0, 0.1) is 20.8 Å². The van der Waals surface area contributed by atoms with Crippen LogP contribution < -0.4 is 0 Å². The van der Waals surface area contributed by atoms with E-state index in [-0.39, 0.29) is 12.4 Å². The second-order valence-electron chi connectivity index (χ2n) is 6.55. The lowest BCUT2D eigenvalue weighted by molar-refractivity contribution is 0.0471. The molecule has 0 radical (unpaired) electrons. The Bertz CT molecular complexity index is 1040. The molecule has 0 aliphatic heterocycles. The predicted octanol–water partition coefficient (Wildman–Crippen LogP) is 4.15.